The number of nitrogens with one attached hydrogen (secondary N) is 1. The number of aliphatic hydroxyl groups excluding tert-OH is 2. The van der Waals surface area contributed by atoms with Crippen molar-refractivity contribution in [1.29, 1.82) is 10.5 Å². The molecular weight excluding hydrogens is 527 g/mol. The molecule has 192 valence electrons. The number of para-hydroxylation sites is 1. The summed E-state index contributed by atoms with van der Waals surface area (Å²) in [7, 11) is 0. The van der Waals surface area contributed by atoms with Crippen LogP contribution in [0.1, 0.15) is 16.8 Å². The van der Waals surface area contributed by atoms with Crippen LogP contribution in [0.25, 0.3) is 11.1 Å². The Morgan fingerprint density at radius 2 is 1.84 bits per heavy atom. The molecule has 0 bridgehead atoms. The summed E-state index contributed by atoms with van der Waals surface area (Å²) in [4.78, 5) is 8.79. The highest BCUT2D eigenvalue weighted by Crippen LogP contribution is 2.37. The van der Waals surface area contributed by atoms with Gasteiger partial charge in [0.25, 0.3) is 0 Å². The third kappa shape index (κ3) is 6.19. The number of nitrogens with zero attached hydrogens (tertiary/aromatic N) is 4. The number of thioether (sulfide) groups is 1. The lowest BCUT2D eigenvalue weighted by Gasteiger charge is -2.14. The van der Waals surface area contributed by atoms with Crippen molar-refractivity contribution in [1.82, 2.24) is 9.97 Å². The molecule has 9 nitrogen and oxygen atoms in total. The molecule has 0 saturated carbocycles. The number of hydrogen-bond donors (Lipinski definition) is 4. The Kier molecular flexibility index (Phi) is 8.73. The summed E-state index contributed by atoms with van der Waals surface area (Å²) in [5, 5.41) is 43.8. The molecule has 0 amide bonds. The minimum Gasteiger partial charge on any atom is -0.491 e. The van der Waals surface area contributed by atoms with E-state index in [2.05, 4.69) is 21.4 Å². The first-order valence-corrected chi connectivity index (χ1v) is 13.0. The number of benzene rings is 2. The van der Waals surface area contributed by atoms with Gasteiger partial charge in [-0.25, -0.2) is 14.4 Å². The normalized spacial score (nSPS) is 11.4. The molecule has 2 aromatic heterocycles. The Labute approximate surface area is 226 Å². The number of anilines is 3. The van der Waals surface area contributed by atoms with Crippen molar-refractivity contribution in [3.05, 3.63) is 76.5 Å². The molecule has 0 radical (unpaired) electrons. The van der Waals surface area contributed by atoms with Crippen LogP contribution in [0, 0.1) is 28.5 Å². The van der Waals surface area contributed by atoms with Crippen molar-refractivity contribution in [2.45, 2.75) is 16.9 Å². The lowest BCUT2D eigenvalue weighted by Crippen LogP contribution is -2.21. The van der Waals surface area contributed by atoms with Crippen molar-refractivity contribution in [3.8, 4) is 29.0 Å². The van der Waals surface area contributed by atoms with Crippen LogP contribution >= 0.6 is 23.1 Å². The summed E-state index contributed by atoms with van der Waals surface area (Å²) in [6.45, 7) is -0.504. The molecule has 4 rings (SSSR count). The van der Waals surface area contributed by atoms with Crippen LogP contribution in [0.3, 0.4) is 0 Å². The number of nitrogen functional groups attached to an aromatic ring is 1. The zero-order valence-electron chi connectivity index (χ0n) is 19.8. The van der Waals surface area contributed by atoms with E-state index in [4.69, 9.17) is 15.6 Å². The van der Waals surface area contributed by atoms with Crippen LogP contribution in [-0.2, 0) is 5.75 Å². The zero-order chi connectivity index (χ0) is 27.1. The molecule has 38 heavy (non-hydrogen) atoms. The van der Waals surface area contributed by atoms with Crippen LogP contribution in [0.5, 0.6) is 5.75 Å². The molecule has 4 aromatic rings. The maximum atomic E-state index is 13.9. The van der Waals surface area contributed by atoms with Gasteiger partial charge in [0.2, 0.25) is 0 Å². The van der Waals surface area contributed by atoms with Gasteiger partial charge in [0.05, 0.1) is 23.6 Å². The average molecular weight is 549 g/mol. The summed E-state index contributed by atoms with van der Waals surface area (Å²) in [5.74, 6) is 0.417. The quantitative estimate of drug-likeness (QED) is 0.209. The van der Waals surface area contributed by atoms with Gasteiger partial charge in [-0.15, -0.1) is 11.3 Å². The number of nitrogens with two attached hydrogens (primary N) is 1. The summed E-state index contributed by atoms with van der Waals surface area (Å²) in [6, 6.07) is 17.1. The Morgan fingerprint density at radius 3 is 2.53 bits per heavy atom. The molecule has 0 unspecified atom stereocenters. The Bertz CT molecular complexity index is 1520. The molecule has 0 spiro atoms. The molecule has 12 heteroatoms. The lowest BCUT2D eigenvalue weighted by molar-refractivity contribution is 0.0536. The number of thiazole rings is 1. The molecule has 0 saturated heterocycles. The van der Waals surface area contributed by atoms with E-state index in [1.807, 2.05) is 11.4 Å². The largest absolute Gasteiger partial charge is 0.491 e. The summed E-state index contributed by atoms with van der Waals surface area (Å²) < 4.78 is 19.4. The predicted molar refractivity (Wildman–Crippen MR) is 143 cm³/mol. The Hall–Kier alpha value is -4.20. The minimum atomic E-state index is -1.01. The van der Waals surface area contributed by atoms with Crippen molar-refractivity contribution in [3.63, 3.8) is 0 Å². The second-order valence-electron chi connectivity index (χ2n) is 7.86. The fraction of sp³-hybridized carbons (Fsp3) is 0.154. The number of halogens is 1. The van der Waals surface area contributed by atoms with Crippen LogP contribution in [0.15, 0.2) is 58.9 Å². The number of rotatable bonds is 10. The highest BCUT2D eigenvalue weighted by atomic mass is 32.2. The molecule has 2 heterocycles. The van der Waals surface area contributed by atoms with E-state index in [-0.39, 0.29) is 29.4 Å². The first-order chi connectivity index (χ1) is 18.4. The summed E-state index contributed by atoms with van der Waals surface area (Å²) in [5.41, 5.74) is 8.32. The Balaban J connectivity index is 1.56. The van der Waals surface area contributed by atoms with Crippen LogP contribution < -0.4 is 15.8 Å². The third-order valence-electron chi connectivity index (χ3n) is 5.24. The van der Waals surface area contributed by atoms with Gasteiger partial charge in [-0.3, -0.25) is 0 Å². The van der Waals surface area contributed by atoms with Crippen molar-refractivity contribution >= 4 is 39.7 Å². The maximum Gasteiger partial charge on any atom is 0.187 e. The molecule has 5 N–H and O–H groups in total. The van der Waals surface area contributed by atoms with Gasteiger partial charge in [-0.05, 0) is 29.8 Å². The monoisotopic (exact) mass is 548 g/mol. The number of aliphatic hydroxyl groups is 2. The molecule has 0 fully saturated rings. The molecule has 1 atom stereocenters. The predicted octanol–water partition coefficient (Wildman–Crippen LogP) is 4.44. The van der Waals surface area contributed by atoms with E-state index in [9.17, 15) is 20.0 Å². The fourth-order valence-corrected chi connectivity index (χ4v) is 5.12. The van der Waals surface area contributed by atoms with Crippen LogP contribution in [0.2, 0.25) is 0 Å². The smallest absolute Gasteiger partial charge is 0.187 e. The molecule has 2 aromatic carbocycles. The first-order valence-electron chi connectivity index (χ1n) is 11.2. The van der Waals surface area contributed by atoms with E-state index in [1.54, 1.807) is 42.5 Å². The van der Waals surface area contributed by atoms with E-state index >= 15 is 0 Å². The minimum absolute atomic E-state index is 0.00409. The molecule has 0 aliphatic heterocycles. The maximum absolute atomic E-state index is 13.9. The Morgan fingerprint density at radius 1 is 1.11 bits per heavy atom. The lowest BCUT2D eigenvalue weighted by atomic mass is 9.97. The standard InChI is InChI=1S/C26H21FN6O3S2/c27-21-3-1-2-4-22(21)32-26-31-16(14-38-26)13-37-25-20(10-29)23(19(9-28)24(30)33-25)15-5-7-18(8-6-15)36-12-17(35)11-34/h1-8,14,17,34-35H,11-13H2,(H2,30,33)(H,31,32)/t17-/m0/s1. The topological polar surface area (TPSA) is 161 Å². The van der Waals surface area contributed by atoms with Gasteiger partial charge in [0.15, 0.2) is 5.13 Å². The van der Waals surface area contributed by atoms with Gasteiger partial charge < -0.3 is 26.0 Å². The zero-order valence-corrected chi connectivity index (χ0v) is 21.4. The number of pyridine rings is 1. The molecule has 0 aliphatic carbocycles. The number of nitriles is 2. The highest BCUT2D eigenvalue weighted by Gasteiger charge is 2.21. The fourth-order valence-electron chi connectivity index (χ4n) is 3.40. The van der Waals surface area contributed by atoms with Crippen LogP contribution in [0.4, 0.5) is 21.0 Å². The summed E-state index contributed by atoms with van der Waals surface area (Å²) in [6.07, 6.45) is -1.01. The van der Waals surface area contributed by atoms with Crippen LogP contribution in [-0.4, -0.2) is 39.5 Å². The third-order valence-corrected chi connectivity index (χ3v) is 7.05. The van der Waals surface area contributed by atoms with Crippen molar-refractivity contribution in [2.75, 3.05) is 24.3 Å². The van der Waals surface area contributed by atoms with E-state index < -0.39 is 12.7 Å². The number of hydrogen-bond acceptors (Lipinski definition) is 11. The van der Waals surface area contributed by atoms with E-state index in [0.717, 1.165) is 0 Å². The molecule has 0 aliphatic rings. The average Bonchev–Trinajstić information content (AvgIpc) is 3.39. The second kappa shape index (κ2) is 12.4. The van der Waals surface area contributed by atoms with Crippen molar-refractivity contribution in [2.24, 2.45) is 0 Å². The summed E-state index contributed by atoms with van der Waals surface area (Å²) >= 11 is 2.57. The van der Waals surface area contributed by atoms with E-state index in [0.29, 0.717) is 44.2 Å². The van der Waals surface area contributed by atoms with Crippen molar-refractivity contribution < 1.29 is 19.3 Å². The number of aromatic nitrogens is 2. The van der Waals surface area contributed by atoms with Gasteiger partial charge in [0.1, 0.15) is 52.8 Å². The highest BCUT2D eigenvalue weighted by molar-refractivity contribution is 7.98. The SMILES string of the molecule is N#Cc1c(N)nc(SCc2csc(Nc3ccccc3F)n2)c(C#N)c1-c1ccc(OC[C@@H](O)CO)cc1. The van der Waals surface area contributed by atoms with Gasteiger partial charge in [-0.1, -0.05) is 36.0 Å². The molecular formula is C26H21FN6O3S2. The van der Waals surface area contributed by atoms with Gasteiger partial charge in [-0.2, -0.15) is 10.5 Å². The number of ether oxygens (including phenoxy) is 1. The van der Waals surface area contributed by atoms with Gasteiger partial charge >= 0.3 is 0 Å². The second-order valence-corrected chi connectivity index (χ2v) is 9.68. The van der Waals surface area contributed by atoms with E-state index in [1.165, 1.54) is 29.2 Å². The first kappa shape index (κ1) is 26.9. The van der Waals surface area contributed by atoms with Gasteiger partial charge in [0, 0.05) is 16.7 Å².